The third kappa shape index (κ3) is 31.2. The van der Waals surface area contributed by atoms with Gasteiger partial charge in [-0.25, -0.2) is 0 Å². The Morgan fingerprint density at radius 1 is 0.556 bits per heavy atom. The van der Waals surface area contributed by atoms with Gasteiger partial charge >= 0.3 is 92.7 Å². The van der Waals surface area contributed by atoms with E-state index in [1.54, 1.807) is 0 Å². The molecule has 4 N–H and O–H groups in total. The van der Waals surface area contributed by atoms with Gasteiger partial charge in [-0.3, -0.25) is 16.0 Å². The van der Waals surface area contributed by atoms with Crippen molar-refractivity contribution in [3.63, 3.8) is 0 Å². The van der Waals surface area contributed by atoms with Crippen LogP contribution in [0.5, 0.6) is 0 Å². The zero-order valence-electron chi connectivity index (χ0n) is 24.0. The number of nitrogens with one attached hydrogen (secondary N) is 3. The van der Waals surface area contributed by atoms with E-state index in [-0.39, 0.29) is 37.6 Å². The van der Waals surface area contributed by atoms with Crippen molar-refractivity contribution < 1.29 is 21.4 Å². The number of hydrogen-bond acceptors (Lipinski definition) is 4. The molecule has 1 fully saturated rings. The molecule has 1 aliphatic rings. The Balaban J connectivity index is -0.000000634. The van der Waals surface area contributed by atoms with E-state index in [4.69, 9.17) is 5.11 Å². The smallest absolute Gasteiger partial charge is 0.147 e. The summed E-state index contributed by atoms with van der Waals surface area (Å²) in [7, 11) is 0. The van der Waals surface area contributed by atoms with Gasteiger partial charge in [0.05, 0.1) is 12.3 Å². The minimum Gasteiger partial charge on any atom is -0.147 e. The Morgan fingerprint density at radius 3 is 1.31 bits per heavy atom. The fraction of sp³-hybridized carbons (Fsp3) is 1.00. The summed E-state index contributed by atoms with van der Waals surface area (Å²) in [4.78, 5) is 0. The van der Waals surface area contributed by atoms with E-state index in [0.717, 1.165) is 13.1 Å². The van der Waals surface area contributed by atoms with Crippen molar-refractivity contribution >= 4 is 24.8 Å². The molecule has 1 heterocycles. The molecule has 2 unspecified atom stereocenters. The summed E-state index contributed by atoms with van der Waals surface area (Å²) in [6.45, 7) is 5.65. The van der Waals surface area contributed by atoms with Crippen LogP contribution < -0.4 is 16.0 Å². The Hall–Kier alpha value is 0.952. The van der Waals surface area contributed by atoms with Gasteiger partial charge in [-0.2, -0.15) is 0 Å². The van der Waals surface area contributed by atoms with Crippen LogP contribution in [0.4, 0.5) is 0 Å². The summed E-state index contributed by atoms with van der Waals surface area (Å²) in [5, 5.41) is 20.5. The summed E-state index contributed by atoms with van der Waals surface area (Å²) in [5.74, 6) is 0. The van der Waals surface area contributed by atoms with Crippen molar-refractivity contribution in [2.45, 2.75) is 173 Å². The van der Waals surface area contributed by atoms with Crippen molar-refractivity contribution in [3.05, 3.63) is 0 Å². The van der Waals surface area contributed by atoms with Crippen LogP contribution in [0.2, 0.25) is 5.28 Å². The molecule has 0 aromatic heterocycles. The van der Waals surface area contributed by atoms with Gasteiger partial charge in [-0.05, 0) is 12.8 Å². The van der Waals surface area contributed by atoms with Gasteiger partial charge in [0.25, 0.3) is 0 Å². The molecule has 0 bridgehead atoms. The van der Waals surface area contributed by atoms with E-state index in [9.17, 15) is 0 Å². The first-order valence-corrected chi connectivity index (χ1v) is 16.1. The monoisotopic (exact) mass is 592 g/mol. The third-order valence-electron chi connectivity index (χ3n) is 6.86. The van der Waals surface area contributed by atoms with Crippen LogP contribution in [0, 0.1) is 0 Å². The van der Waals surface area contributed by atoms with Crippen LogP contribution in [-0.2, 0) is 16.3 Å². The quantitative estimate of drug-likeness (QED) is 0.0895. The summed E-state index contributed by atoms with van der Waals surface area (Å²) in [6, 6.07) is 0. The molecule has 4 nitrogen and oxygen atoms in total. The second-order valence-corrected chi connectivity index (χ2v) is 10.9. The summed E-state index contributed by atoms with van der Waals surface area (Å²) < 4.78 is 0. The number of hydrogen-bond donors (Lipinski definition) is 4. The molecular weight excluding hydrogens is 529 g/mol. The maximum absolute atomic E-state index is 8.97. The molecule has 1 rings (SSSR count). The van der Waals surface area contributed by atoms with E-state index in [0.29, 0.717) is 6.17 Å². The van der Waals surface area contributed by atoms with Gasteiger partial charge in [0.1, 0.15) is 0 Å². The van der Waals surface area contributed by atoms with Crippen molar-refractivity contribution in [2.24, 2.45) is 0 Å². The molecule has 2 atom stereocenters. The minimum absolute atomic E-state index is 0. The van der Waals surface area contributed by atoms with E-state index in [2.05, 4.69) is 46.1 Å². The second-order valence-electron chi connectivity index (χ2n) is 10.2. The predicted molar refractivity (Wildman–Crippen MR) is 161 cm³/mol. The van der Waals surface area contributed by atoms with Gasteiger partial charge in [0, 0.05) is 13.3 Å². The summed E-state index contributed by atoms with van der Waals surface area (Å²) in [5.41, 5.74) is 0. The van der Waals surface area contributed by atoms with Gasteiger partial charge in [-0.15, -0.1) is 24.8 Å². The molecule has 0 radical (unpaired) electrons. The molecule has 0 aromatic carbocycles. The standard InChI is InChI=1S/C17H37N3O.C12H25.2ClH.Cr/c1-2-3-4-5-6-7-8-9-10-11-12-16-18-15-19-17(20-16)13-14-21;1-3-5-7-9-11-12-10-8-6-4-2;;;/h16-21H,2-15H2,1H3;1,3-12H2,2H3;2*1H;. The first kappa shape index (κ1) is 41.4. The maximum Gasteiger partial charge on any atom is -0.147 e. The fourth-order valence-corrected chi connectivity index (χ4v) is 4.91. The molecule has 1 saturated heterocycles. The molecule has 7 heteroatoms. The van der Waals surface area contributed by atoms with Crippen LogP contribution in [0.1, 0.15) is 155 Å². The van der Waals surface area contributed by atoms with Gasteiger partial charge in [-0.1, -0.05) is 71.1 Å². The molecule has 36 heavy (non-hydrogen) atoms. The molecule has 0 aliphatic carbocycles. The van der Waals surface area contributed by atoms with Crippen molar-refractivity contribution in [1.82, 2.24) is 16.0 Å². The Labute approximate surface area is 247 Å². The minimum atomic E-state index is 0. The van der Waals surface area contributed by atoms with Gasteiger partial charge < -0.3 is 5.11 Å². The van der Waals surface area contributed by atoms with Crippen LogP contribution >= 0.6 is 24.8 Å². The largest absolute Gasteiger partial charge is 0.147 e. The number of aliphatic hydroxyl groups excluding tert-OH is 1. The van der Waals surface area contributed by atoms with Crippen molar-refractivity contribution in [3.8, 4) is 0 Å². The summed E-state index contributed by atoms with van der Waals surface area (Å²) in [6.07, 6.45) is 31.0. The number of rotatable bonds is 23. The molecular formula is C29H64Cl2CrN3O. The van der Waals surface area contributed by atoms with Crippen LogP contribution in [0.3, 0.4) is 0 Å². The predicted octanol–water partition coefficient (Wildman–Crippen LogP) is 8.79. The van der Waals surface area contributed by atoms with E-state index >= 15 is 0 Å². The SMILES string of the molecule is CCCCCCCCCCCCC1NCNC(CCO)N1.CCCCCCCCCCC[CH2][Cr].Cl.Cl. The van der Waals surface area contributed by atoms with E-state index in [1.165, 1.54) is 140 Å². The van der Waals surface area contributed by atoms with Crippen LogP contribution in [0.15, 0.2) is 0 Å². The Bertz CT molecular complexity index is 372. The zero-order valence-corrected chi connectivity index (χ0v) is 26.9. The molecule has 0 aromatic rings. The van der Waals surface area contributed by atoms with Crippen LogP contribution in [-0.4, -0.2) is 30.7 Å². The Kier molecular flexibility index (Phi) is 41.4. The average Bonchev–Trinajstić information content (AvgIpc) is 2.85. The second kappa shape index (κ2) is 36.0. The van der Waals surface area contributed by atoms with Gasteiger partial charge in [0.2, 0.25) is 0 Å². The Morgan fingerprint density at radius 2 is 0.917 bits per heavy atom. The molecule has 0 saturated carbocycles. The average molecular weight is 594 g/mol. The number of unbranched alkanes of at least 4 members (excludes halogenated alkanes) is 18. The molecule has 221 valence electrons. The third-order valence-corrected chi connectivity index (χ3v) is 7.31. The fourth-order valence-electron chi connectivity index (χ4n) is 4.59. The first-order valence-electron chi connectivity index (χ1n) is 15.2. The zero-order chi connectivity index (χ0) is 25.0. The van der Waals surface area contributed by atoms with Crippen LogP contribution in [0.25, 0.3) is 0 Å². The van der Waals surface area contributed by atoms with E-state index < -0.39 is 0 Å². The summed E-state index contributed by atoms with van der Waals surface area (Å²) >= 11 is 3.07. The van der Waals surface area contributed by atoms with Crippen molar-refractivity contribution in [2.75, 3.05) is 13.3 Å². The molecule has 0 amide bonds. The maximum atomic E-state index is 8.97. The number of halogens is 2. The van der Waals surface area contributed by atoms with Crippen molar-refractivity contribution in [1.29, 1.82) is 0 Å². The number of aliphatic hydroxyl groups is 1. The van der Waals surface area contributed by atoms with E-state index in [1.807, 2.05) is 0 Å². The normalized spacial score (nSPS) is 17.0. The van der Waals surface area contributed by atoms with Gasteiger partial charge in [0.15, 0.2) is 0 Å². The molecule has 0 spiro atoms. The molecule has 1 aliphatic heterocycles. The first-order chi connectivity index (χ1) is 16.8. The topological polar surface area (TPSA) is 56.3 Å².